The van der Waals surface area contributed by atoms with E-state index in [2.05, 4.69) is 18.6 Å². The molecule has 0 radical (unpaired) electrons. The summed E-state index contributed by atoms with van der Waals surface area (Å²) in [6.45, 7) is 4.73. The topological polar surface area (TPSA) is 46.2 Å². The summed E-state index contributed by atoms with van der Waals surface area (Å²) in [5.41, 5.74) is 0. The smallest absolute Gasteiger partial charge is 0.211 e. The predicted octanol–water partition coefficient (Wildman–Crippen LogP) is 3.55. The van der Waals surface area contributed by atoms with E-state index in [1.165, 1.54) is 0 Å². The van der Waals surface area contributed by atoms with Gasteiger partial charge in [-0.3, -0.25) is 0 Å². The minimum atomic E-state index is -3.41. The van der Waals surface area contributed by atoms with Gasteiger partial charge >= 0.3 is 0 Å². The highest BCUT2D eigenvalue weighted by atomic mass is 32.2. The molecule has 1 atom stereocenters. The fourth-order valence-corrected chi connectivity index (χ4v) is 3.14. The molecule has 4 heteroatoms. The van der Waals surface area contributed by atoms with E-state index in [0.29, 0.717) is 17.4 Å². The van der Waals surface area contributed by atoms with Crippen LogP contribution >= 0.6 is 0 Å². The van der Waals surface area contributed by atoms with Crippen LogP contribution in [0.15, 0.2) is 47.4 Å². The van der Waals surface area contributed by atoms with Crippen molar-refractivity contribution in [2.75, 3.05) is 6.54 Å². The summed E-state index contributed by atoms with van der Waals surface area (Å²) < 4.78 is 27.1. The molecule has 0 fully saturated rings. The van der Waals surface area contributed by atoms with E-state index in [9.17, 15) is 8.42 Å². The van der Waals surface area contributed by atoms with Crippen molar-refractivity contribution in [2.45, 2.75) is 31.6 Å². The van der Waals surface area contributed by atoms with Crippen molar-refractivity contribution in [3.05, 3.63) is 42.5 Å². The zero-order chi connectivity index (χ0) is 14.6. The molecule has 1 N–H and O–H groups in total. The van der Waals surface area contributed by atoms with Gasteiger partial charge in [0.2, 0.25) is 10.0 Å². The molecule has 0 aliphatic carbocycles. The maximum absolute atomic E-state index is 12.2. The van der Waals surface area contributed by atoms with Crippen molar-refractivity contribution in [1.29, 1.82) is 0 Å². The zero-order valence-electron chi connectivity index (χ0n) is 12.0. The van der Waals surface area contributed by atoms with Crippen LogP contribution in [0.25, 0.3) is 10.8 Å². The molecular formula is C16H21NO2S. The lowest BCUT2D eigenvalue weighted by Gasteiger charge is -2.10. The third kappa shape index (κ3) is 3.58. The summed E-state index contributed by atoms with van der Waals surface area (Å²) in [5.74, 6) is 0.536. The van der Waals surface area contributed by atoms with Gasteiger partial charge in [-0.15, -0.1) is 0 Å². The summed E-state index contributed by atoms with van der Waals surface area (Å²) in [4.78, 5) is 0.334. The maximum atomic E-state index is 12.2. The van der Waals surface area contributed by atoms with Gasteiger partial charge in [-0.25, -0.2) is 13.1 Å². The molecule has 2 aromatic rings. The van der Waals surface area contributed by atoms with E-state index in [0.717, 1.165) is 23.6 Å². The molecule has 3 nitrogen and oxygen atoms in total. The van der Waals surface area contributed by atoms with E-state index >= 15 is 0 Å². The van der Waals surface area contributed by atoms with Gasteiger partial charge in [-0.2, -0.15) is 0 Å². The number of hydrogen-bond donors (Lipinski definition) is 1. The highest BCUT2D eigenvalue weighted by Crippen LogP contribution is 2.19. The third-order valence-electron chi connectivity index (χ3n) is 3.66. The Bertz CT molecular complexity index is 680. The van der Waals surface area contributed by atoms with Gasteiger partial charge in [-0.05, 0) is 35.2 Å². The molecule has 0 spiro atoms. The number of fused-ring (bicyclic) bond motifs is 1. The Morgan fingerprint density at radius 2 is 1.80 bits per heavy atom. The number of rotatable bonds is 6. The molecule has 0 aromatic heterocycles. The summed E-state index contributed by atoms with van der Waals surface area (Å²) in [7, 11) is -3.41. The fraction of sp³-hybridized carbons (Fsp3) is 0.375. The van der Waals surface area contributed by atoms with Crippen LogP contribution in [0.3, 0.4) is 0 Å². The van der Waals surface area contributed by atoms with Gasteiger partial charge in [0.25, 0.3) is 0 Å². The zero-order valence-corrected chi connectivity index (χ0v) is 12.8. The Morgan fingerprint density at radius 1 is 1.10 bits per heavy atom. The van der Waals surface area contributed by atoms with Crippen LogP contribution in [-0.2, 0) is 10.0 Å². The molecule has 0 heterocycles. The van der Waals surface area contributed by atoms with Crippen LogP contribution in [-0.4, -0.2) is 15.0 Å². The minimum absolute atomic E-state index is 0.334. The Hall–Kier alpha value is -1.39. The molecule has 1 unspecified atom stereocenters. The maximum Gasteiger partial charge on any atom is 0.240 e. The number of nitrogens with one attached hydrogen (secondary N) is 1. The van der Waals surface area contributed by atoms with Crippen molar-refractivity contribution < 1.29 is 8.42 Å². The molecule has 2 aromatic carbocycles. The van der Waals surface area contributed by atoms with Gasteiger partial charge in [0.05, 0.1) is 4.90 Å². The van der Waals surface area contributed by atoms with Gasteiger partial charge in [0, 0.05) is 6.54 Å². The first-order valence-electron chi connectivity index (χ1n) is 7.01. The molecule has 0 amide bonds. The lowest BCUT2D eigenvalue weighted by Crippen LogP contribution is -2.25. The third-order valence-corrected chi connectivity index (χ3v) is 5.12. The van der Waals surface area contributed by atoms with Gasteiger partial charge in [0.1, 0.15) is 0 Å². The predicted molar refractivity (Wildman–Crippen MR) is 83.2 cm³/mol. The first-order valence-corrected chi connectivity index (χ1v) is 8.49. The van der Waals surface area contributed by atoms with Gasteiger partial charge in [-0.1, -0.05) is 50.6 Å². The molecule has 108 valence electrons. The summed E-state index contributed by atoms with van der Waals surface area (Å²) in [6.07, 6.45) is 1.93. The Morgan fingerprint density at radius 3 is 2.50 bits per heavy atom. The van der Waals surface area contributed by atoms with Crippen LogP contribution in [0.4, 0.5) is 0 Å². The highest BCUT2D eigenvalue weighted by molar-refractivity contribution is 7.89. The molecule has 0 saturated heterocycles. The Labute approximate surface area is 121 Å². The van der Waals surface area contributed by atoms with Crippen molar-refractivity contribution >= 4 is 20.8 Å². The quantitative estimate of drug-likeness (QED) is 0.884. The minimum Gasteiger partial charge on any atom is -0.211 e. The second-order valence-corrected chi connectivity index (χ2v) is 6.98. The number of benzene rings is 2. The largest absolute Gasteiger partial charge is 0.240 e. The molecule has 20 heavy (non-hydrogen) atoms. The number of sulfonamides is 1. The molecule has 2 rings (SSSR count). The summed E-state index contributed by atoms with van der Waals surface area (Å²) in [5, 5.41) is 1.99. The van der Waals surface area contributed by atoms with Crippen molar-refractivity contribution in [3.63, 3.8) is 0 Å². The first kappa shape index (κ1) is 15.0. The summed E-state index contributed by atoms with van der Waals surface area (Å²) in [6, 6.07) is 13.0. The Kier molecular flexibility index (Phi) is 4.78. The van der Waals surface area contributed by atoms with Crippen LogP contribution in [0.2, 0.25) is 0 Å². The fourth-order valence-electron chi connectivity index (χ4n) is 2.06. The van der Waals surface area contributed by atoms with E-state index in [-0.39, 0.29) is 0 Å². The molecular weight excluding hydrogens is 270 g/mol. The van der Waals surface area contributed by atoms with Crippen LogP contribution in [0.1, 0.15) is 26.7 Å². The SMILES string of the molecule is CCC(C)CCNS(=O)(=O)c1ccc2ccccc2c1. The van der Waals surface area contributed by atoms with Crippen LogP contribution < -0.4 is 4.72 Å². The second kappa shape index (κ2) is 6.37. The normalized spacial score (nSPS) is 13.5. The standard InChI is InChI=1S/C16H21NO2S/c1-3-13(2)10-11-17-20(18,19)16-9-8-14-6-4-5-7-15(14)12-16/h4-9,12-13,17H,3,10-11H2,1-2H3. The molecule has 0 saturated carbocycles. The Balaban J connectivity index is 2.15. The van der Waals surface area contributed by atoms with E-state index in [1.807, 2.05) is 30.3 Å². The average Bonchev–Trinajstić information content (AvgIpc) is 2.46. The lowest BCUT2D eigenvalue weighted by atomic mass is 10.1. The molecule has 0 aliphatic rings. The monoisotopic (exact) mass is 291 g/mol. The van der Waals surface area contributed by atoms with Gasteiger partial charge < -0.3 is 0 Å². The van der Waals surface area contributed by atoms with Crippen molar-refractivity contribution in [1.82, 2.24) is 4.72 Å². The summed E-state index contributed by atoms with van der Waals surface area (Å²) >= 11 is 0. The highest BCUT2D eigenvalue weighted by Gasteiger charge is 2.14. The van der Waals surface area contributed by atoms with E-state index in [1.54, 1.807) is 12.1 Å². The van der Waals surface area contributed by atoms with Crippen LogP contribution in [0, 0.1) is 5.92 Å². The second-order valence-electron chi connectivity index (χ2n) is 5.21. The first-order chi connectivity index (χ1) is 9.53. The number of hydrogen-bond acceptors (Lipinski definition) is 2. The van der Waals surface area contributed by atoms with E-state index < -0.39 is 10.0 Å². The van der Waals surface area contributed by atoms with E-state index in [4.69, 9.17) is 0 Å². The van der Waals surface area contributed by atoms with Crippen LogP contribution in [0.5, 0.6) is 0 Å². The molecule has 0 aliphatic heterocycles. The van der Waals surface area contributed by atoms with Crippen molar-refractivity contribution in [3.8, 4) is 0 Å². The molecule has 0 bridgehead atoms. The average molecular weight is 291 g/mol. The van der Waals surface area contributed by atoms with Gasteiger partial charge in [0.15, 0.2) is 0 Å². The lowest BCUT2D eigenvalue weighted by molar-refractivity contribution is 0.506. The van der Waals surface area contributed by atoms with Crippen molar-refractivity contribution in [2.24, 2.45) is 5.92 Å².